The number of morpholine rings is 1. The number of anilines is 1. The van der Waals surface area contributed by atoms with Crippen molar-refractivity contribution in [3.63, 3.8) is 0 Å². The maximum atomic E-state index is 15.7. The number of imide groups is 1. The van der Waals surface area contributed by atoms with Gasteiger partial charge < -0.3 is 34.9 Å². The fraction of sp³-hybridized carbons (Fsp3) is 0.302. The number of rotatable bonds is 11. The molecule has 3 aliphatic heterocycles. The van der Waals surface area contributed by atoms with Gasteiger partial charge in [0.05, 0.1) is 43.5 Å². The highest BCUT2D eigenvalue weighted by Crippen LogP contribution is 2.65. The van der Waals surface area contributed by atoms with Gasteiger partial charge in [-0.05, 0) is 52.6 Å². The third-order valence-electron chi connectivity index (χ3n) is 10.5. The molecule has 1 spiro atoms. The van der Waals surface area contributed by atoms with E-state index >= 15 is 4.79 Å². The first-order valence-corrected chi connectivity index (χ1v) is 18.2. The lowest BCUT2D eigenvalue weighted by molar-refractivity contribution is -0.178. The second-order valence-electron chi connectivity index (χ2n) is 13.6. The van der Waals surface area contributed by atoms with E-state index in [1.54, 1.807) is 42.5 Å². The van der Waals surface area contributed by atoms with Gasteiger partial charge in [-0.3, -0.25) is 19.3 Å². The van der Waals surface area contributed by atoms with E-state index in [9.17, 15) is 24.6 Å². The first kappa shape index (κ1) is 38.2. The first-order chi connectivity index (χ1) is 27.3. The standard InChI is InChI=1S/C43H41N3O10/c1-53-24-25-55-42(52)45-33-20-15-27(10-8-9-21-47)26-32(33)43(41(45)51)34(39(44)49)36-40(50)56-37(29-13-6-3-7-14-29)35(28-11-4-2-5-12-28)46(36)38(43)30-16-18-31(19-17-30)54-23-22-48/h2-7,11-20,26,34-38,47-48H,9,21-25H2,1H3,(H2,44,49)/t34-,35-,36-,37+,38+,43-/m1/s1. The molecule has 3 aliphatic rings. The van der Waals surface area contributed by atoms with Gasteiger partial charge in [-0.2, -0.15) is 0 Å². The third-order valence-corrected chi connectivity index (χ3v) is 10.5. The third kappa shape index (κ3) is 6.56. The summed E-state index contributed by atoms with van der Waals surface area (Å²) in [6, 6.07) is 26.9. The minimum Gasteiger partial charge on any atom is -0.491 e. The Labute approximate surface area is 323 Å². The minimum absolute atomic E-state index is 0.0391. The lowest BCUT2D eigenvalue weighted by Gasteiger charge is -2.46. The molecular weight excluding hydrogens is 718 g/mol. The zero-order valence-electron chi connectivity index (χ0n) is 30.6. The number of carbonyl (C=O) groups is 4. The number of primary amides is 1. The molecule has 288 valence electrons. The van der Waals surface area contributed by atoms with Crippen molar-refractivity contribution < 1.29 is 48.3 Å². The van der Waals surface area contributed by atoms with E-state index in [1.807, 2.05) is 65.6 Å². The van der Waals surface area contributed by atoms with E-state index in [0.29, 0.717) is 22.4 Å². The van der Waals surface area contributed by atoms with Crippen LogP contribution in [0.1, 0.15) is 52.4 Å². The van der Waals surface area contributed by atoms with Crippen LogP contribution in [-0.4, -0.2) is 85.2 Å². The van der Waals surface area contributed by atoms with Crippen LogP contribution in [0.25, 0.3) is 0 Å². The summed E-state index contributed by atoms with van der Waals surface area (Å²) < 4.78 is 22.6. The lowest BCUT2D eigenvalue weighted by atomic mass is 9.65. The van der Waals surface area contributed by atoms with Gasteiger partial charge in [0.15, 0.2) is 0 Å². The number of hydrogen-bond donors (Lipinski definition) is 3. The summed E-state index contributed by atoms with van der Waals surface area (Å²) in [6.45, 7) is -0.454. The Morgan fingerprint density at radius 1 is 0.839 bits per heavy atom. The number of cyclic esters (lactones) is 1. The van der Waals surface area contributed by atoms with Crippen LogP contribution in [0.15, 0.2) is 103 Å². The number of aliphatic hydroxyl groups is 2. The van der Waals surface area contributed by atoms with Crippen LogP contribution in [-0.2, 0) is 34.0 Å². The molecule has 56 heavy (non-hydrogen) atoms. The predicted octanol–water partition coefficient (Wildman–Crippen LogP) is 3.73. The van der Waals surface area contributed by atoms with Crippen molar-refractivity contribution in [3.8, 4) is 17.6 Å². The molecule has 6 atom stereocenters. The fourth-order valence-corrected chi connectivity index (χ4v) is 8.40. The summed E-state index contributed by atoms with van der Waals surface area (Å²) in [4.78, 5) is 61.4. The number of esters is 1. The Balaban J connectivity index is 1.55. The van der Waals surface area contributed by atoms with Gasteiger partial charge >= 0.3 is 12.1 Å². The molecule has 2 saturated heterocycles. The molecule has 4 aromatic carbocycles. The van der Waals surface area contributed by atoms with E-state index in [1.165, 1.54) is 7.11 Å². The van der Waals surface area contributed by atoms with Crippen molar-refractivity contribution in [1.82, 2.24) is 4.90 Å². The van der Waals surface area contributed by atoms with Crippen LogP contribution in [0, 0.1) is 17.8 Å². The minimum atomic E-state index is -2.02. The molecule has 4 aromatic rings. The Morgan fingerprint density at radius 3 is 2.18 bits per heavy atom. The molecule has 4 N–H and O–H groups in total. The number of methoxy groups -OCH3 is 1. The molecule has 13 nitrogen and oxygen atoms in total. The number of carbonyl (C=O) groups excluding carboxylic acids is 4. The number of amides is 3. The van der Waals surface area contributed by atoms with Gasteiger partial charge in [0.25, 0.3) is 0 Å². The number of nitrogens with zero attached hydrogens (tertiary/aromatic N) is 2. The smallest absolute Gasteiger partial charge is 0.421 e. The molecule has 3 amide bonds. The van der Waals surface area contributed by atoms with Crippen LogP contribution < -0.4 is 15.4 Å². The van der Waals surface area contributed by atoms with Crippen molar-refractivity contribution in [2.75, 3.05) is 45.0 Å². The molecule has 0 bridgehead atoms. The molecule has 0 aliphatic carbocycles. The molecule has 13 heteroatoms. The van der Waals surface area contributed by atoms with Gasteiger partial charge in [0.2, 0.25) is 11.8 Å². The molecule has 0 saturated carbocycles. The van der Waals surface area contributed by atoms with Gasteiger partial charge in [-0.25, -0.2) is 9.69 Å². The average molecular weight is 760 g/mol. The summed E-state index contributed by atoms with van der Waals surface area (Å²) in [5, 5.41) is 18.8. The SMILES string of the molecule is COCCOC(=O)N1C(=O)[C@@]2(c3cc(C#CCCO)ccc31)[C@H](c1ccc(OCCO)cc1)N1[C@H](c3ccccc3)[C@H](c3ccccc3)OC(=O)[C@H]1[C@@H]2C(N)=O. The van der Waals surface area contributed by atoms with Gasteiger partial charge in [0, 0.05) is 19.1 Å². The summed E-state index contributed by atoms with van der Waals surface area (Å²) in [5.74, 6) is 2.22. The number of ether oxygens (including phenoxy) is 4. The maximum absolute atomic E-state index is 15.7. The number of nitrogens with two attached hydrogens (primary N) is 1. The van der Waals surface area contributed by atoms with Crippen molar-refractivity contribution in [2.45, 2.75) is 36.1 Å². The van der Waals surface area contributed by atoms with Crippen LogP contribution in [0.3, 0.4) is 0 Å². The van der Waals surface area contributed by atoms with Crippen molar-refractivity contribution in [1.29, 1.82) is 0 Å². The Morgan fingerprint density at radius 2 is 1.54 bits per heavy atom. The zero-order valence-corrected chi connectivity index (χ0v) is 30.6. The van der Waals surface area contributed by atoms with Crippen molar-refractivity contribution in [2.24, 2.45) is 11.7 Å². The van der Waals surface area contributed by atoms with Crippen LogP contribution in [0.4, 0.5) is 10.5 Å². The van der Waals surface area contributed by atoms with Gasteiger partial charge in [-0.15, -0.1) is 0 Å². The average Bonchev–Trinajstić information content (AvgIpc) is 3.67. The quantitative estimate of drug-likeness (QED) is 0.115. The molecule has 2 fully saturated rings. The van der Waals surface area contributed by atoms with Crippen molar-refractivity contribution in [3.05, 3.63) is 131 Å². The van der Waals surface area contributed by atoms with Crippen LogP contribution >= 0.6 is 0 Å². The topological polar surface area (TPSA) is 178 Å². The Kier molecular flexibility index (Phi) is 11.2. The highest BCUT2D eigenvalue weighted by atomic mass is 16.6. The number of aliphatic hydroxyl groups excluding tert-OH is 2. The predicted molar refractivity (Wildman–Crippen MR) is 202 cm³/mol. The molecule has 3 heterocycles. The lowest BCUT2D eigenvalue weighted by Crippen LogP contribution is -2.55. The second-order valence-corrected chi connectivity index (χ2v) is 13.6. The first-order valence-electron chi connectivity index (χ1n) is 18.2. The second kappa shape index (κ2) is 16.4. The highest BCUT2D eigenvalue weighted by molar-refractivity contribution is 6.23. The summed E-state index contributed by atoms with van der Waals surface area (Å²) >= 11 is 0. The Bertz CT molecular complexity index is 2150. The van der Waals surface area contributed by atoms with Gasteiger partial charge in [-0.1, -0.05) is 84.6 Å². The van der Waals surface area contributed by atoms with E-state index in [4.69, 9.17) is 24.7 Å². The molecule has 0 radical (unpaired) electrons. The summed E-state index contributed by atoms with van der Waals surface area (Å²) in [7, 11) is 1.44. The molecule has 7 rings (SSSR count). The molecule has 0 unspecified atom stereocenters. The largest absolute Gasteiger partial charge is 0.491 e. The number of hydrogen-bond acceptors (Lipinski definition) is 11. The van der Waals surface area contributed by atoms with E-state index in [0.717, 1.165) is 10.5 Å². The van der Waals surface area contributed by atoms with E-state index in [2.05, 4.69) is 11.8 Å². The summed E-state index contributed by atoms with van der Waals surface area (Å²) in [6.07, 6.45) is -1.73. The highest BCUT2D eigenvalue weighted by Gasteiger charge is 2.75. The van der Waals surface area contributed by atoms with Crippen molar-refractivity contribution >= 4 is 29.6 Å². The number of fused-ring (bicyclic) bond motifs is 3. The van der Waals surface area contributed by atoms with E-state index in [-0.39, 0.29) is 50.7 Å². The van der Waals surface area contributed by atoms with Crippen LogP contribution in [0.2, 0.25) is 0 Å². The Hall–Kier alpha value is -6.04. The van der Waals surface area contributed by atoms with Gasteiger partial charge in [0.1, 0.15) is 36.5 Å². The fourth-order valence-electron chi connectivity index (χ4n) is 8.40. The summed E-state index contributed by atoms with van der Waals surface area (Å²) in [5.41, 5.74) is 7.07. The number of benzene rings is 4. The molecular formula is C43H41N3O10. The normalized spacial score (nSPS) is 23.8. The van der Waals surface area contributed by atoms with Crippen LogP contribution in [0.5, 0.6) is 5.75 Å². The van der Waals surface area contributed by atoms with E-state index < -0.39 is 59.4 Å². The monoisotopic (exact) mass is 759 g/mol. The molecule has 0 aromatic heterocycles. The zero-order chi connectivity index (χ0) is 39.4. The maximum Gasteiger partial charge on any atom is 0.421 e.